The van der Waals surface area contributed by atoms with Gasteiger partial charge in [-0.25, -0.2) is 4.79 Å². The van der Waals surface area contributed by atoms with Crippen LogP contribution in [0.3, 0.4) is 0 Å². The summed E-state index contributed by atoms with van der Waals surface area (Å²) in [5, 5.41) is 18.3. The van der Waals surface area contributed by atoms with Crippen molar-refractivity contribution in [2.45, 2.75) is 36.7 Å². The maximum Gasteiger partial charge on any atom is 0.326 e. The molecule has 90 valence electrons. The second-order valence-corrected chi connectivity index (χ2v) is 5.55. The minimum Gasteiger partial charge on any atom is -0.480 e. The molecule has 2 saturated heterocycles. The summed E-state index contributed by atoms with van der Waals surface area (Å²) in [4.78, 5) is 24.3. The second-order valence-electron chi connectivity index (χ2n) is 4.24. The monoisotopic (exact) mass is 245 g/mol. The summed E-state index contributed by atoms with van der Waals surface area (Å²) in [5.41, 5.74) is 0. The van der Waals surface area contributed by atoms with E-state index in [2.05, 4.69) is 0 Å². The third-order valence-corrected chi connectivity index (χ3v) is 4.42. The molecule has 2 N–H and O–H groups in total. The molecular formula is C10H15NO4S. The molecule has 3 atom stereocenters. The number of aliphatic hydroxyl groups is 1. The smallest absolute Gasteiger partial charge is 0.326 e. The van der Waals surface area contributed by atoms with Crippen LogP contribution in [0.1, 0.15) is 19.3 Å². The lowest BCUT2D eigenvalue weighted by Gasteiger charge is -2.23. The van der Waals surface area contributed by atoms with Crippen LogP contribution in [0.5, 0.6) is 0 Å². The highest BCUT2D eigenvalue weighted by atomic mass is 32.2. The minimum absolute atomic E-state index is 0.104. The maximum absolute atomic E-state index is 12.0. The van der Waals surface area contributed by atoms with Gasteiger partial charge >= 0.3 is 5.97 Å². The zero-order chi connectivity index (χ0) is 11.7. The number of hydrogen-bond donors (Lipinski definition) is 2. The molecule has 2 aliphatic heterocycles. The van der Waals surface area contributed by atoms with E-state index in [9.17, 15) is 14.7 Å². The van der Waals surface area contributed by atoms with Crippen molar-refractivity contribution in [2.75, 3.05) is 12.3 Å². The first-order valence-electron chi connectivity index (χ1n) is 5.42. The number of thioether (sulfide) groups is 1. The van der Waals surface area contributed by atoms with E-state index in [4.69, 9.17) is 5.11 Å². The van der Waals surface area contributed by atoms with Crippen molar-refractivity contribution in [3.63, 3.8) is 0 Å². The van der Waals surface area contributed by atoms with E-state index < -0.39 is 18.1 Å². The molecule has 0 aromatic heterocycles. The summed E-state index contributed by atoms with van der Waals surface area (Å²) in [6.07, 6.45) is 1.28. The van der Waals surface area contributed by atoms with Crippen LogP contribution in [0.15, 0.2) is 0 Å². The van der Waals surface area contributed by atoms with Crippen LogP contribution in [-0.4, -0.2) is 56.7 Å². The molecule has 2 aliphatic rings. The van der Waals surface area contributed by atoms with Gasteiger partial charge in [-0.3, -0.25) is 4.79 Å². The first kappa shape index (κ1) is 11.7. The van der Waals surface area contributed by atoms with Gasteiger partial charge < -0.3 is 15.1 Å². The van der Waals surface area contributed by atoms with Crippen LogP contribution >= 0.6 is 11.8 Å². The Balaban J connectivity index is 2.06. The third kappa shape index (κ3) is 2.17. The van der Waals surface area contributed by atoms with Crippen LogP contribution in [0, 0.1) is 0 Å². The van der Waals surface area contributed by atoms with Gasteiger partial charge in [0.2, 0.25) is 5.91 Å². The third-order valence-electron chi connectivity index (χ3n) is 3.05. The Morgan fingerprint density at radius 2 is 2.12 bits per heavy atom. The van der Waals surface area contributed by atoms with Crippen molar-refractivity contribution in [2.24, 2.45) is 0 Å². The molecule has 2 heterocycles. The number of likely N-dealkylation sites (tertiary alicyclic amines) is 1. The molecule has 5 nitrogen and oxygen atoms in total. The molecule has 0 saturated carbocycles. The van der Waals surface area contributed by atoms with Crippen LogP contribution in [0.2, 0.25) is 0 Å². The second kappa shape index (κ2) is 4.63. The fourth-order valence-corrected chi connectivity index (χ4v) is 3.48. The minimum atomic E-state index is -1.02. The van der Waals surface area contributed by atoms with E-state index in [0.29, 0.717) is 0 Å². The molecular weight excluding hydrogens is 230 g/mol. The van der Waals surface area contributed by atoms with E-state index in [1.807, 2.05) is 0 Å². The largest absolute Gasteiger partial charge is 0.480 e. The van der Waals surface area contributed by atoms with E-state index in [1.165, 1.54) is 4.90 Å². The average molecular weight is 245 g/mol. The number of β-amino-alcohol motifs (C(OH)–C–C–N with tert-alkyl or cyclic N) is 1. The van der Waals surface area contributed by atoms with Gasteiger partial charge in [-0.15, -0.1) is 11.8 Å². The SMILES string of the molecule is O=C(O)[C@@H]1C[C@@H](O)CN1C(=O)C1CCCS1. The molecule has 2 fully saturated rings. The molecule has 1 amide bonds. The number of aliphatic hydroxyl groups excluding tert-OH is 1. The van der Waals surface area contributed by atoms with Gasteiger partial charge in [0, 0.05) is 13.0 Å². The Kier molecular flexibility index (Phi) is 3.39. The molecule has 6 heteroatoms. The van der Waals surface area contributed by atoms with Gasteiger partial charge in [0.1, 0.15) is 6.04 Å². The molecule has 0 bridgehead atoms. The number of nitrogens with zero attached hydrogens (tertiary/aromatic N) is 1. The first-order chi connectivity index (χ1) is 7.59. The lowest BCUT2D eigenvalue weighted by Crippen LogP contribution is -2.44. The Morgan fingerprint density at radius 1 is 1.38 bits per heavy atom. The van der Waals surface area contributed by atoms with Crippen LogP contribution in [0.25, 0.3) is 0 Å². The van der Waals surface area contributed by atoms with Gasteiger partial charge in [0.05, 0.1) is 11.4 Å². The fourth-order valence-electron chi connectivity index (χ4n) is 2.25. The molecule has 0 aromatic carbocycles. The van der Waals surface area contributed by atoms with E-state index in [0.717, 1.165) is 18.6 Å². The van der Waals surface area contributed by atoms with Crippen LogP contribution in [-0.2, 0) is 9.59 Å². The van der Waals surface area contributed by atoms with Crippen molar-refractivity contribution in [3.05, 3.63) is 0 Å². The van der Waals surface area contributed by atoms with E-state index in [-0.39, 0.29) is 24.1 Å². The van der Waals surface area contributed by atoms with Crippen LogP contribution < -0.4 is 0 Å². The number of carboxylic acid groups (broad SMARTS) is 1. The van der Waals surface area contributed by atoms with Crippen molar-refractivity contribution in [1.29, 1.82) is 0 Å². The highest BCUT2D eigenvalue weighted by Crippen LogP contribution is 2.30. The summed E-state index contributed by atoms with van der Waals surface area (Å²) in [6, 6.07) is -0.844. The fraction of sp³-hybridized carbons (Fsp3) is 0.800. The van der Waals surface area contributed by atoms with Crippen LogP contribution in [0.4, 0.5) is 0 Å². The summed E-state index contributed by atoms with van der Waals surface area (Å²) in [5.74, 6) is -0.177. The first-order valence-corrected chi connectivity index (χ1v) is 6.47. The Labute approximate surface area is 97.8 Å². The Hall–Kier alpha value is -0.750. The van der Waals surface area contributed by atoms with E-state index in [1.54, 1.807) is 11.8 Å². The summed E-state index contributed by atoms with van der Waals surface area (Å²) in [7, 11) is 0. The lowest BCUT2D eigenvalue weighted by atomic mass is 10.2. The molecule has 0 radical (unpaired) electrons. The molecule has 2 rings (SSSR count). The normalized spacial score (nSPS) is 34.3. The Morgan fingerprint density at radius 3 is 2.69 bits per heavy atom. The number of carboxylic acids is 1. The van der Waals surface area contributed by atoms with Gasteiger partial charge in [0.15, 0.2) is 0 Å². The predicted octanol–water partition coefficient (Wildman–Crippen LogP) is -0.0716. The van der Waals surface area contributed by atoms with E-state index >= 15 is 0 Å². The highest BCUT2D eigenvalue weighted by Gasteiger charge is 2.41. The average Bonchev–Trinajstić information content (AvgIpc) is 2.84. The maximum atomic E-state index is 12.0. The van der Waals surface area contributed by atoms with Gasteiger partial charge in [-0.05, 0) is 18.6 Å². The molecule has 16 heavy (non-hydrogen) atoms. The number of hydrogen-bond acceptors (Lipinski definition) is 4. The molecule has 0 aromatic rings. The summed E-state index contributed by atoms with van der Waals surface area (Å²) < 4.78 is 0. The van der Waals surface area contributed by atoms with Gasteiger partial charge in [-0.1, -0.05) is 0 Å². The summed E-state index contributed by atoms with van der Waals surface area (Å²) in [6.45, 7) is 0.160. The van der Waals surface area contributed by atoms with Crippen molar-refractivity contribution in [3.8, 4) is 0 Å². The number of carbonyl (C=O) groups is 2. The summed E-state index contributed by atoms with van der Waals surface area (Å²) >= 11 is 1.59. The standard InChI is InChI=1S/C10H15NO4S/c12-6-4-7(10(14)15)11(5-6)9(13)8-2-1-3-16-8/h6-8,12H,1-5H2,(H,14,15)/t6-,7+,8?/m1/s1. The molecule has 0 spiro atoms. The number of amides is 1. The lowest BCUT2D eigenvalue weighted by molar-refractivity contribution is -0.148. The van der Waals surface area contributed by atoms with Crippen molar-refractivity contribution >= 4 is 23.6 Å². The molecule has 1 unspecified atom stereocenters. The zero-order valence-corrected chi connectivity index (χ0v) is 9.65. The molecule has 0 aliphatic carbocycles. The predicted molar refractivity (Wildman–Crippen MR) is 59.2 cm³/mol. The van der Waals surface area contributed by atoms with Gasteiger partial charge in [-0.2, -0.15) is 0 Å². The number of aliphatic carboxylic acids is 1. The van der Waals surface area contributed by atoms with Crippen molar-refractivity contribution < 1.29 is 19.8 Å². The number of rotatable bonds is 2. The van der Waals surface area contributed by atoms with Crippen molar-refractivity contribution in [1.82, 2.24) is 4.90 Å². The van der Waals surface area contributed by atoms with Gasteiger partial charge in [0.25, 0.3) is 0 Å². The number of carbonyl (C=O) groups excluding carboxylic acids is 1. The zero-order valence-electron chi connectivity index (χ0n) is 8.83. The highest BCUT2D eigenvalue weighted by molar-refractivity contribution is 8.00. The quantitative estimate of drug-likeness (QED) is 0.712. The topological polar surface area (TPSA) is 77.8 Å². The Bertz CT molecular complexity index is 303.